The van der Waals surface area contributed by atoms with E-state index in [-0.39, 0.29) is 0 Å². The number of hydrogen-bond acceptors (Lipinski definition) is 1. The van der Waals surface area contributed by atoms with Gasteiger partial charge in [-0.2, -0.15) is 0 Å². The van der Waals surface area contributed by atoms with Crippen LogP contribution in [0.1, 0.15) is 20.8 Å². The molecule has 1 heteroatoms. The van der Waals surface area contributed by atoms with Crippen LogP contribution in [0.4, 0.5) is 0 Å². The van der Waals surface area contributed by atoms with Gasteiger partial charge in [0.15, 0.2) is 0 Å². The fourth-order valence-electron chi connectivity index (χ4n) is 1.25. The van der Waals surface area contributed by atoms with Crippen molar-refractivity contribution in [3.63, 3.8) is 0 Å². The first-order chi connectivity index (χ1) is 4.61. The lowest BCUT2D eigenvalue weighted by Crippen LogP contribution is -2.50. The Labute approximate surface area is 63.7 Å². The molecule has 10 heavy (non-hydrogen) atoms. The summed E-state index contributed by atoms with van der Waals surface area (Å²) in [6.07, 6.45) is 0. The molecule has 1 aliphatic rings. The lowest BCUT2D eigenvalue weighted by molar-refractivity contribution is 0.0882. The van der Waals surface area contributed by atoms with Gasteiger partial charge in [-0.1, -0.05) is 12.2 Å². The molecular formula is C9H17N. The Balaban J connectivity index is 2.24. The molecule has 0 bridgehead atoms. The summed E-state index contributed by atoms with van der Waals surface area (Å²) in [5, 5.41) is 0. The fraction of sp³-hybridized carbons (Fsp3) is 0.778. The maximum Gasteiger partial charge on any atom is 0.00621 e. The molecule has 0 atom stereocenters. The van der Waals surface area contributed by atoms with E-state index < -0.39 is 0 Å². The molecule has 0 unspecified atom stereocenters. The molecule has 1 heterocycles. The van der Waals surface area contributed by atoms with Crippen molar-refractivity contribution in [2.75, 3.05) is 13.1 Å². The minimum absolute atomic E-state index is 0.718. The van der Waals surface area contributed by atoms with Crippen LogP contribution in [0.25, 0.3) is 0 Å². The average Bonchev–Trinajstić information content (AvgIpc) is 1.56. The topological polar surface area (TPSA) is 3.24 Å². The number of nitrogens with zero attached hydrogens (tertiary/aromatic N) is 1. The Morgan fingerprint density at radius 3 is 2.30 bits per heavy atom. The third kappa shape index (κ3) is 1.40. The van der Waals surface area contributed by atoms with Crippen LogP contribution in [0, 0.1) is 5.92 Å². The van der Waals surface area contributed by atoms with E-state index in [1.807, 2.05) is 0 Å². The Hall–Kier alpha value is -0.300. The first-order valence-corrected chi connectivity index (χ1v) is 4.00. The molecule has 58 valence electrons. The second-order valence-corrected chi connectivity index (χ2v) is 3.59. The molecule has 0 N–H and O–H groups in total. The molecule has 0 amide bonds. The average molecular weight is 139 g/mol. The van der Waals surface area contributed by atoms with Gasteiger partial charge in [-0.15, -0.1) is 0 Å². The second kappa shape index (κ2) is 2.75. The molecule has 0 radical (unpaired) electrons. The molecule has 0 aromatic heterocycles. The first kappa shape index (κ1) is 7.80. The van der Waals surface area contributed by atoms with E-state index in [2.05, 4.69) is 32.3 Å². The van der Waals surface area contributed by atoms with Gasteiger partial charge in [0.05, 0.1) is 0 Å². The molecule has 0 aromatic carbocycles. The van der Waals surface area contributed by atoms with Crippen LogP contribution < -0.4 is 0 Å². The van der Waals surface area contributed by atoms with Crippen molar-refractivity contribution < 1.29 is 0 Å². The predicted molar refractivity (Wildman–Crippen MR) is 45.0 cm³/mol. The molecule has 1 fully saturated rings. The van der Waals surface area contributed by atoms with E-state index >= 15 is 0 Å². The van der Waals surface area contributed by atoms with Gasteiger partial charge in [-0.05, 0) is 20.8 Å². The molecule has 1 nitrogen and oxygen atoms in total. The van der Waals surface area contributed by atoms with Crippen LogP contribution in [-0.2, 0) is 0 Å². The van der Waals surface area contributed by atoms with Crippen LogP contribution in [0.15, 0.2) is 12.2 Å². The van der Waals surface area contributed by atoms with Crippen molar-refractivity contribution in [1.29, 1.82) is 0 Å². The van der Waals surface area contributed by atoms with E-state index in [0.29, 0.717) is 0 Å². The second-order valence-electron chi connectivity index (χ2n) is 3.59. The van der Waals surface area contributed by atoms with E-state index in [1.165, 1.54) is 18.7 Å². The quantitative estimate of drug-likeness (QED) is 0.528. The van der Waals surface area contributed by atoms with Crippen molar-refractivity contribution in [1.82, 2.24) is 4.90 Å². The van der Waals surface area contributed by atoms with Gasteiger partial charge in [0.25, 0.3) is 0 Å². The summed E-state index contributed by atoms with van der Waals surface area (Å²) in [6, 6.07) is 0.718. The highest BCUT2D eigenvalue weighted by Gasteiger charge is 2.28. The van der Waals surface area contributed by atoms with Crippen LogP contribution in [-0.4, -0.2) is 24.0 Å². The normalized spacial score (nSPS) is 21.2. The minimum Gasteiger partial charge on any atom is -0.300 e. The molecule has 1 saturated heterocycles. The first-order valence-electron chi connectivity index (χ1n) is 4.00. The van der Waals surface area contributed by atoms with Crippen LogP contribution in [0.3, 0.4) is 0 Å². The van der Waals surface area contributed by atoms with Gasteiger partial charge >= 0.3 is 0 Å². The lowest BCUT2D eigenvalue weighted by atomic mass is 9.92. The van der Waals surface area contributed by atoms with E-state index in [0.717, 1.165) is 12.0 Å². The summed E-state index contributed by atoms with van der Waals surface area (Å²) < 4.78 is 0. The van der Waals surface area contributed by atoms with Gasteiger partial charge in [0.1, 0.15) is 0 Å². The molecule has 1 rings (SSSR count). The summed E-state index contributed by atoms with van der Waals surface area (Å²) >= 11 is 0. The van der Waals surface area contributed by atoms with E-state index in [1.54, 1.807) is 0 Å². The number of rotatable bonds is 2. The maximum absolute atomic E-state index is 3.94. The van der Waals surface area contributed by atoms with Crippen molar-refractivity contribution in [3.05, 3.63) is 12.2 Å². The largest absolute Gasteiger partial charge is 0.300 e. The molecular weight excluding hydrogens is 122 g/mol. The third-order valence-corrected chi connectivity index (χ3v) is 2.34. The van der Waals surface area contributed by atoms with Gasteiger partial charge in [0.2, 0.25) is 0 Å². The lowest BCUT2D eigenvalue weighted by Gasteiger charge is -2.42. The zero-order valence-electron chi connectivity index (χ0n) is 7.22. The zero-order valence-corrected chi connectivity index (χ0v) is 7.22. The molecule has 0 aliphatic carbocycles. The monoisotopic (exact) mass is 139 g/mol. The molecule has 0 spiro atoms. The Morgan fingerprint density at radius 2 is 2.00 bits per heavy atom. The summed E-state index contributed by atoms with van der Waals surface area (Å²) in [4.78, 5) is 2.47. The highest BCUT2D eigenvalue weighted by atomic mass is 15.2. The van der Waals surface area contributed by atoms with Gasteiger partial charge in [-0.3, -0.25) is 4.90 Å². The van der Waals surface area contributed by atoms with Crippen LogP contribution in [0.5, 0.6) is 0 Å². The van der Waals surface area contributed by atoms with Gasteiger partial charge < -0.3 is 0 Å². The molecule has 0 aromatic rings. The van der Waals surface area contributed by atoms with Gasteiger partial charge in [-0.25, -0.2) is 0 Å². The maximum atomic E-state index is 3.94. The molecule has 1 aliphatic heterocycles. The Bertz CT molecular complexity index is 132. The third-order valence-electron chi connectivity index (χ3n) is 2.34. The minimum atomic E-state index is 0.718. The van der Waals surface area contributed by atoms with Crippen molar-refractivity contribution >= 4 is 0 Å². The fourth-order valence-corrected chi connectivity index (χ4v) is 1.25. The zero-order chi connectivity index (χ0) is 7.72. The van der Waals surface area contributed by atoms with Crippen LogP contribution in [0.2, 0.25) is 0 Å². The van der Waals surface area contributed by atoms with Crippen LogP contribution >= 0.6 is 0 Å². The smallest absolute Gasteiger partial charge is 0.00621 e. The SMILES string of the molecule is C=C(C)C1CN(C(C)C)C1. The summed E-state index contributed by atoms with van der Waals surface area (Å²) in [5.74, 6) is 0.780. The number of likely N-dealkylation sites (tertiary alicyclic amines) is 1. The van der Waals surface area contributed by atoms with Crippen molar-refractivity contribution in [2.45, 2.75) is 26.8 Å². The molecule has 0 saturated carbocycles. The van der Waals surface area contributed by atoms with Gasteiger partial charge in [0, 0.05) is 25.0 Å². The standard InChI is InChI=1S/C9H17N/c1-7(2)9-5-10(6-9)8(3)4/h8-9H,1,5-6H2,2-4H3. The summed E-state index contributed by atoms with van der Waals surface area (Å²) in [6.45, 7) is 13.0. The van der Waals surface area contributed by atoms with E-state index in [4.69, 9.17) is 0 Å². The highest BCUT2D eigenvalue weighted by molar-refractivity contribution is 5.04. The van der Waals surface area contributed by atoms with Crippen molar-refractivity contribution in [3.8, 4) is 0 Å². The van der Waals surface area contributed by atoms with E-state index in [9.17, 15) is 0 Å². The number of hydrogen-bond donors (Lipinski definition) is 0. The van der Waals surface area contributed by atoms with Crippen molar-refractivity contribution in [2.24, 2.45) is 5.92 Å². The predicted octanol–water partition coefficient (Wildman–Crippen LogP) is 1.90. The Kier molecular flexibility index (Phi) is 2.14. The summed E-state index contributed by atoms with van der Waals surface area (Å²) in [7, 11) is 0. The summed E-state index contributed by atoms with van der Waals surface area (Å²) in [5.41, 5.74) is 1.34. The Morgan fingerprint density at radius 1 is 1.50 bits per heavy atom. The highest BCUT2D eigenvalue weighted by Crippen LogP contribution is 2.23.